The number of hydrogen-bond donors (Lipinski definition) is 0. The molecule has 0 aliphatic carbocycles. The van der Waals surface area contributed by atoms with Crippen molar-refractivity contribution in [1.29, 1.82) is 5.26 Å². The minimum Gasteiger partial charge on any atom is -0.206 e. The molecule has 0 atom stereocenters. The van der Waals surface area contributed by atoms with E-state index >= 15 is 0 Å². The van der Waals surface area contributed by atoms with Crippen molar-refractivity contribution in [2.45, 2.75) is 6.54 Å². The first-order chi connectivity index (χ1) is 6.19. The molecule has 66 valence electrons. The lowest BCUT2D eigenvalue weighted by Crippen LogP contribution is -1.95. The number of halogens is 2. The van der Waals surface area contributed by atoms with Crippen molar-refractivity contribution < 1.29 is 8.78 Å². The Kier molecular flexibility index (Phi) is 2.65. The first-order valence-electron chi connectivity index (χ1n) is 3.36. The van der Waals surface area contributed by atoms with Crippen LogP contribution >= 0.6 is 0 Å². The zero-order valence-electron chi connectivity index (χ0n) is 6.42. The molecule has 1 rings (SSSR count). The Balaban J connectivity index is 3.24. The molecule has 1 aromatic carbocycles. The van der Waals surface area contributed by atoms with E-state index in [-0.39, 0.29) is 5.56 Å². The molecule has 0 aromatic heterocycles. The molecule has 0 N–H and O–H groups in total. The summed E-state index contributed by atoms with van der Waals surface area (Å²) in [4.78, 5) is 9.78. The van der Waals surface area contributed by atoms with Crippen molar-refractivity contribution in [3.8, 4) is 6.07 Å². The predicted octanol–water partition coefficient (Wildman–Crippen LogP) is 2.10. The van der Waals surface area contributed by atoms with Gasteiger partial charge in [0.05, 0.1) is 11.6 Å². The van der Waals surface area contributed by atoms with Crippen molar-refractivity contribution in [3.63, 3.8) is 0 Å². The molecule has 3 nitrogen and oxygen atoms in total. The van der Waals surface area contributed by atoms with Gasteiger partial charge in [0.15, 0.2) is 0 Å². The lowest BCUT2D eigenvalue weighted by atomic mass is 10.1. The third-order valence-electron chi connectivity index (χ3n) is 1.49. The van der Waals surface area contributed by atoms with Crippen LogP contribution in [0.4, 0.5) is 8.78 Å². The van der Waals surface area contributed by atoms with Gasteiger partial charge in [-0.05, 0) is 12.1 Å². The summed E-state index contributed by atoms with van der Waals surface area (Å²) >= 11 is 0. The maximum absolute atomic E-state index is 12.9. The lowest BCUT2D eigenvalue weighted by molar-refractivity contribution is 0.556. The fourth-order valence-corrected chi connectivity index (χ4v) is 0.883. The zero-order chi connectivity index (χ0) is 9.84. The molecule has 0 saturated carbocycles. The van der Waals surface area contributed by atoms with Crippen molar-refractivity contribution >= 4 is 0 Å². The quantitative estimate of drug-likeness (QED) is 0.657. The van der Waals surface area contributed by atoms with E-state index in [1.807, 2.05) is 0 Å². The highest BCUT2D eigenvalue weighted by atomic mass is 19.1. The lowest BCUT2D eigenvalue weighted by Gasteiger charge is -1.99. The number of benzene rings is 1. The molecule has 1 aromatic rings. The number of nitriles is 1. The summed E-state index contributed by atoms with van der Waals surface area (Å²) in [5, 5.41) is 10.7. The SMILES string of the molecule is N#Cc1cc(F)c(CN=O)c(F)c1. The third-order valence-corrected chi connectivity index (χ3v) is 1.49. The van der Waals surface area contributed by atoms with E-state index in [1.165, 1.54) is 0 Å². The van der Waals surface area contributed by atoms with Crippen LogP contribution in [-0.4, -0.2) is 0 Å². The van der Waals surface area contributed by atoms with Gasteiger partial charge in [0.25, 0.3) is 0 Å². The number of nitrogens with zero attached hydrogens (tertiary/aromatic N) is 2. The Morgan fingerprint density at radius 1 is 1.38 bits per heavy atom. The molecule has 5 heteroatoms. The fraction of sp³-hybridized carbons (Fsp3) is 0.125. The van der Waals surface area contributed by atoms with Gasteiger partial charge < -0.3 is 0 Å². The van der Waals surface area contributed by atoms with E-state index in [9.17, 15) is 13.7 Å². The van der Waals surface area contributed by atoms with Gasteiger partial charge in [0.1, 0.15) is 18.2 Å². The molecule has 0 aliphatic rings. The molecule has 0 amide bonds. The smallest absolute Gasteiger partial charge is 0.132 e. The van der Waals surface area contributed by atoms with Gasteiger partial charge in [-0.1, -0.05) is 5.18 Å². The molecule has 13 heavy (non-hydrogen) atoms. The molecular weight excluding hydrogens is 178 g/mol. The second-order valence-corrected chi connectivity index (χ2v) is 2.32. The van der Waals surface area contributed by atoms with E-state index in [0.717, 1.165) is 12.1 Å². The van der Waals surface area contributed by atoms with Crippen LogP contribution in [0.25, 0.3) is 0 Å². The second-order valence-electron chi connectivity index (χ2n) is 2.32. The molecular formula is C8H4F2N2O. The number of rotatable bonds is 2. The first kappa shape index (κ1) is 9.26. The highest BCUT2D eigenvalue weighted by Gasteiger charge is 2.10. The molecule has 0 unspecified atom stereocenters. The summed E-state index contributed by atoms with van der Waals surface area (Å²) in [6.45, 7) is -0.566. The first-order valence-corrected chi connectivity index (χ1v) is 3.36. The Morgan fingerprint density at radius 3 is 2.31 bits per heavy atom. The Morgan fingerprint density at radius 2 is 1.92 bits per heavy atom. The van der Waals surface area contributed by atoms with E-state index in [2.05, 4.69) is 5.18 Å². The molecule has 0 fully saturated rings. The summed E-state index contributed by atoms with van der Waals surface area (Å²) in [5.74, 6) is -1.84. The summed E-state index contributed by atoms with van der Waals surface area (Å²) in [7, 11) is 0. The molecule has 0 aliphatic heterocycles. The van der Waals surface area contributed by atoms with Gasteiger partial charge in [-0.2, -0.15) is 10.2 Å². The van der Waals surface area contributed by atoms with E-state index in [1.54, 1.807) is 6.07 Å². The van der Waals surface area contributed by atoms with Crippen molar-refractivity contribution in [1.82, 2.24) is 0 Å². The molecule has 0 saturated heterocycles. The second kappa shape index (κ2) is 3.72. The van der Waals surface area contributed by atoms with Gasteiger partial charge in [-0.15, -0.1) is 0 Å². The average molecular weight is 182 g/mol. The van der Waals surface area contributed by atoms with Gasteiger partial charge >= 0.3 is 0 Å². The normalized spacial score (nSPS) is 9.31. The Labute approximate surface area is 72.6 Å². The highest BCUT2D eigenvalue weighted by molar-refractivity contribution is 5.34. The van der Waals surface area contributed by atoms with Crippen LogP contribution in [0, 0.1) is 27.9 Å². The van der Waals surface area contributed by atoms with Crippen molar-refractivity contribution in [2.24, 2.45) is 5.18 Å². The third kappa shape index (κ3) is 1.85. The summed E-state index contributed by atoms with van der Waals surface area (Å²) in [6.07, 6.45) is 0. The van der Waals surface area contributed by atoms with Crippen LogP contribution in [0.15, 0.2) is 17.3 Å². The van der Waals surface area contributed by atoms with Gasteiger partial charge in [-0.25, -0.2) is 8.78 Å². The number of nitroso groups, excluding NO2 is 1. The van der Waals surface area contributed by atoms with Crippen LogP contribution in [0.1, 0.15) is 11.1 Å². The Bertz CT molecular complexity index is 361. The van der Waals surface area contributed by atoms with Gasteiger partial charge in [0, 0.05) is 5.56 Å². The van der Waals surface area contributed by atoms with Crippen molar-refractivity contribution in [3.05, 3.63) is 39.8 Å². The van der Waals surface area contributed by atoms with Crippen LogP contribution in [0.5, 0.6) is 0 Å². The minimum atomic E-state index is -0.920. The average Bonchev–Trinajstić information content (AvgIpc) is 2.11. The van der Waals surface area contributed by atoms with Crippen LogP contribution < -0.4 is 0 Å². The van der Waals surface area contributed by atoms with Crippen molar-refractivity contribution in [2.75, 3.05) is 0 Å². The molecule has 0 spiro atoms. The summed E-state index contributed by atoms with van der Waals surface area (Å²) in [5.41, 5.74) is -0.529. The largest absolute Gasteiger partial charge is 0.206 e. The van der Waals surface area contributed by atoms with Crippen LogP contribution in [-0.2, 0) is 6.54 Å². The zero-order valence-corrected chi connectivity index (χ0v) is 6.42. The Hall–Kier alpha value is -1.83. The van der Waals surface area contributed by atoms with Crippen LogP contribution in [0.2, 0.25) is 0 Å². The molecule has 0 bridgehead atoms. The van der Waals surface area contributed by atoms with Crippen LogP contribution in [0.3, 0.4) is 0 Å². The summed E-state index contributed by atoms with van der Waals surface area (Å²) in [6, 6.07) is 3.32. The standard InChI is InChI=1S/C8H4F2N2O/c9-7-1-5(3-11)2-8(10)6(7)4-12-13/h1-2H,4H2. The molecule has 0 heterocycles. The summed E-state index contributed by atoms with van der Waals surface area (Å²) < 4.78 is 25.8. The molecule has 0 radical (unpaired) electrons. The van der Waals surface area contributed by atoms with Gasteiger partial charge in [-0.3, -0.25) is 0 Å². The number of hydrogen-bond acceptors (Lipinski definition) is 3. The van der Waals surface area contributed by atoms with E-state index in [4.69, 9.17) is 5.26 Å². The van der Waals surface area contributed by atoms with Gasteiger partial charge in [0.2, 0.25) is 0 Å². The fourth-order valence-electron chi connectivity index (χ4n) is 0.883. The maximum atomic E-state index is 12.9. The van der Waals surface area contributed by atoms with E-state index < -0.39 is 23.7 Å². The van der Waals surface area contributed by atoms with E-state index in [0.29, 0.717) is 0 Å². The predicted molar refractivity (Wildman–Crippen MR) is 40.6 cm³/mol. The highest BCUT2D eigenvalue weighted by Crippen LogP contribution is 2.15. The minimum absolute atomic E-state index is 0.121. The topological polar surface area (TPSA) is 53.2 Å². The monoisotopic (exact) mass is 182 g/mol. The maximum Gasteiger partial charge on any atom is 0.132 e.